The Labute approximate surface area is 237 Å². The van der Waals surface area contributed by atoms with E-state index in [1.165, 1.54) is 18.5 Å². The van der Waals surface area contributed by atoms with Crippen LogP contribution in [-0.4, -0.2) is 46.7 Å². The van der Waals surface area contributed by atoms with Crippen molar-refractivity contribution in [2.45, 2.75) is 89.5 Å². The summed E-state index contributed by atoms with van der Waals surface area (Å²) in [5, 5.41) is 4.41. The maximum absolute atomic E-state index is 13.4. The van der Waals surface area contributed by atoms with Crippen LogP contribution >= 0.6 is 0 Å². The first-order chi connectivity index (χ1) is 19.4. The first kappa shape index (κ1) is 27.1. The van der Waals surface area contributed by atoms with E-state index in [-0.39, 0.29) is 23.3 Å². The van der Waals surface area contributed by atoms with Crippen molar-refractivity contribution in [2.24, 2.45) is 11.3 Å². The SMILES string of the molecule is CCC(=O)CCCCC[C@H](NC(=O)[C@H]1CC12CCN(C)CC2)c1ncc(-c2ccc3nc(C4CC4)ccc3c2)o1. The minimum atomic E-state index is -0.268. The van der Waals surface area contributed by atoms with E-state index in [0.717, 1.165) is 74.5 Å². The van der Waals surface area contributed by atoms with Crippen molar-refractivity contribution in [2.75, 3.05) is 20.1 Å². The van der Waals surface area contributed by atoms with Gasteiger partial charge >= 0.3 is 0 Å². The fourth-order valence-electron chi connectivity index (χ4n) is 6.37. The van der Waals surface area contributed by atoms with Gasteiger partial charge in [0.2, 0.25) is 11.8 Å². The molecule has 3 aliphatic rings. The molecule has 40 heavy (non-hydrogen) atoms. The first-order valence-electron chi connectivity index (χ1n) is 15.3. The number of pyridine rings is 1. The van der Waals surface area contributed by atoms with Crippen LogP contribution in [0.4, 0.5) is 0 Å². The monoisotopic (exact) mass is 542 g/mol. The molecule has 1 amide bonds. The largest absolute Gasteiger partial charge is 0.438 e. The lowest BCUT2D eigenvalue weighted by atomic mass is 9.91. The number of hydrogen-bond acceptors (Lipinski definition) is 6. The average molecular weight is 543 g/mol. The summed E-state index contributed by atoms with van der Waals surface area (Å²) in [4.78, 5) is 37.0. The van der Waals surface area contributed by atoms with Gasteiger partial charge in [-0.3, -0.25) is 14.6 Å². The Morgan fingerprint density at radius 1 is 1.12 bits per heavy atom. The van der Waals surface area contributed by atoms with Gasteiger partial charge in [-0.1, -0.05) is 25.8 Å². The number of piperidine rings is 1. The first-order valence-corrected chi connectivity index (χ1v) is 15.3. The summed E-state index contributed by atoms with van der Waals surface area (Å²) >= 11 is 0. The van der Waals surface area contributed by atoms with Gasteiger partial charge in [-0.05, 0) is 94.8 Å². The predicted octanol–water partition coefficient (Wildman–Crippen LogP) is 6.59. The minimum Gasteiger partial charge on any atom is -0.438 e. The smallest absolute Gasteiger partial charge is 0.224 e. The van der Waals surface area contributed by atoms with E-state index >= 15 is 0 Å². The number of Topliss-reactive ketones (excluding diaryl/α,β-unsaturated/α-hetero) is 1. The van der Waals surface area contributed by atoms with E-state index in [1.54, 1.807) is 6.20 Å². The number of ketones is 1. The molecule has 0 radical (unpaired) electrons. The van der Waals surface area contributed by atoms with E-state index in [1.807, 2.05) is 13.0 Å². The molecule has 2 saturated carbocycles. The molecular weight excluding hydrogens is 500 g/mol. The number of oxazole rings is 1. The Balaban J connectivity index is 1.15. The molecule has 7 nitrogen and oxygen atoms in total. The Bertz CT molecular complexity index is 1370. The fraction of sp³-hybridized carbons (Fsp3) is 0.576. The van der Waals surface area contributed by atoms with Crippen molar-refractivity contribution < 1.29 is 14.0 Å². The minimum absolute atomic E-state index is 0.0915. The Morgan fingerprint density at radius 2 is 1.95 bits per heavy atom. The van der Waals surface area contributed by atoms with Gasteiger partial charge in [-0.2, -0.15) is 0 Å². The van der Waals surface area contributed by atoms with Crippen LogP contribution in [0.5, 0.6) is 0 Å². The number of fused-ring (bicyclic) bond motifs is 1. The summed E-state index contributed by atoms with van der Waals surface area (Å²) in [6.07, 6.45) is 12.2. The molecule has 1 saturated heterocycles. The normalized spacial score (nSPS) is 21.0. The number of unbranched alkanes of at least 4 members (excludes halogenated alkanes) is 2. The highest BCUT2D eigenvalue weighted by molar-refractivity contribution is 5.84. The summed E-state index contributed by atoms with van der Waals surface area (Å²) in [7, 11) is 2.16. The number of nitrogens with one attached hydrogen (secondary N) is 1. The molecule has 3 aromatic rings. The predicted molar refractivity (Wildman–Crippen MR) is 156 cm³/mol. The van der Waals surface area contributed by atoms with Crippen molar-refractivity contribution in [3.63, 3.8) is 0 Å². The number of carbonyl (C=O) groups excluding carboxylic acids is 2. The van der Waals surface area contributed by atoms with Crippen molar-refractivity contribution in [3.8, 4) is 11.3 Å². The van der Waals surface area contributed by atoms with Crippen molar-refractivity contribution in [3.05, 3.63) is 48.1 Å². The molecule has 1 aliphatic heterocycles. The molecule has 0 unspecified atom stereocenters. The lowest BCUT2D eigenvalue weighted by molar-refractivity contribution is -0.124. The molecule has 3 heterocycles. The van der Waals surface area contributed by atoms with Gasteiger partial charge in [0, 0.05) is 41.3 Å². The molecule has 2 aromatic heterocycles. The summed E-state index contributed by atoms with van der Waals surface area (Å²) in [5.74, 6) is 2.44. The summed E-state index contributed by atoms with van der Waals surface area (Å²) in [5.41, 5.74) is 3.34. The second-order valence-corrected chi connectivity index (χ2v) is 12.5. The zero-order valence-electron chi connectivity index (χ0n) is 24.0. The van der Waals surface area contributed by atoms with Crippen LogP contribution in [0.3, 0.4) is 0 Å². The molecule has 3 fully saturated rings. The Kier molecular flexibility index (Phi) is 7.76. The molecule has 1 aromatic carbocycles. The second kappa shape index (κ2) is 11.4. The standard InChI is InChI=1S/C33H42N4O3/c1-3-25(38)7-5-4-6-8-29(36-31(39)26-20-33(26)15-17-37(2)18-16-33)32-34-21-30(40-32)24-12-14-28-23(19-24)11-13-27(35-28)22-9-10-22/h11-14,19,21-22,26,29H,3-10,15-18,20H2,1-2H3,(H,36,39)/t26-,29+/m1/s1. The number of carbonyl (C=O) groups is 2. The molecule has 7 heteroatoms. The number of benzene rings is 1. The van der Waals surface area contributed by atoms with Gasteiger partial charge in [-0.15, -0.1) is 0 Å². The quantitative estimate of drug-likeness (QED) is 0.260. The van der Waals surface area contributed by atoms with Crippen molar-refractivity contribution in [1.82, 2.24) is 20.2 Å². The summed E-state index contributed by atoms with van der Waals surface area (Å²) in [6.45, 7) is 4.05. The van der Waals surface area contributed by atoms with Crippen LogP contribution in [0, 0.1) is 11.3 Å². The zero-order valence-corrected chi connectivity index (χ0v) is 24.0. The summed E-state index contributed by atoms with van der Waals surface area (Å²) < 4.78 is 6.31. The lowest BCUT2D eigenvalue weighted by Crippen LogP contribution is -2.36. The van der Waals surface area contributed by atoms with Gasteiger partial charge in [0.05, 0.1) is 11.7 Å². The van der Waals surface area contributed by atoms with Gasteiger partial charge in [0.15, 0.2) is 5.76 Å². The molecule has 6 rings (SSSR count). The average Bonchev–Trinajstić information content (AvgIpc) is 3.89. The topological polar surface area (TPSA) is 88.3 Å². The number of aromatic nitrogens is 2. The molecule has 0 bridgehead atoms. The highest BCUT2D eigenvalue weighted by Crippen LogP contribution is 2.59. The Hall–Kier alpha value is -3.06. The number of likely N-dealkylation sites (tertiary alicyclic amines) is 1. The highest BCUT2D eigenvalue weighted by Gasteiger charge is 2.58. The molecular formula is C33H42N4O3. The molecule has 2 aliphatic carbocycles. The van der Waals surface area contributed by atoms with Crippen LogP contribution < -0.4 is 5.32 Å². The van der Waals surface area contributed by atoms with Crippen LogP contribution in [0.15, 0.2) is 40.9 Å². The lowest BCUT2D eigenvalue weighted by Gasteiger charge is -2.30. The molecule has 212 valence electrons. The third-order valence-corrected chi connectivity index (χ3v) is 9.46. The molecule has 1 spiro atoms. The Morgan fingerprint density at radius 3 is 2.73 bits per heavy atom. The highest BCUT2D eigenvalue weighted by atomic mass is 16.4. The van der Waals surface area contributed by atoms with Gasteiger partial charge in [-0.25, -0.2) is 4.98 Å². The van der Waals surface area contributed by atoms with E-state index in [0.29, 0.717) is 36.2 Å². The maximum atomic E-state index is 13.4. The van der Waals surface area contributed by atoms with E-state index in [2.05, 4.69) is 46.5 Å². The fourth-order valence-corrected chi connectivity index (χ4v) is 6.37. The van der Waals surface area contributed by atoms with Gasteiger partial charge < -0.3 is 14.6 Å². The zero-order chi connectivity index (χ0) is 27.7. The van der Waals surface area contributed by atoms with Crippen LogP contribution in [0.1, 0.15) is 101 Å². The summed E-state index contributed by atoms with van der Waals surface area (Å²) in [6, 6.07) is 10.2. The number of rotatable bonds is 12. The van der Waals surface area contributed by atoms with E-state index < -0.39 is 0 Å². The third kappa shape index (κ3) is 5.99. The number of hydrogen-bond donors (Lipinski definition) is 1. The van der Waals surface area contributed by atoms with Crippen molar-refractivity contribution >= 4 is 22.6 Å². The second-order valence-electron chi connectivity index (χ2n) is 12.5. The number of nitrogens with zero attached hydrogens (tertiary/aromatic N) is 3. The van der Waals surface area contributed by atoms with Gasteiger partial charge in [0.1, 0.15) is 11.8 Å². The van der Waals surface area contributed by atoms with Crippen LogP contribution in [0.25, 0.3) is 22.2 Å². The molecule has 2 atom stereocenters. The number of amides is 1. The van der Waals surface area contributed by atoms with Gasteiger partial charge in [0.25, 0.3) is 0 Å². The van der Waals surface area contributed by atoms with E-state index in [4.69, 9.17) is 9.40 Å². The molecule has 1 N–H and O–H groups in total. The van der Waals surface area contributed by atoms with Crippen LogP contribution in [0.2, 0.25) is 0 Å². The maximum Gasteiger partial charge on any atom is 0.224 e. The van der Waals surface area contributed by atoms with Crippen molar-refractivity contribution in [1.29, 1.82) is 0 Å². The van der Waals surface area contributed by atoms with Crippen LogP contribution in [-0.2, 0) is 9.59 Å². The third-order valence-electron chi connectivity index (χ3n) is 9.46. The van der Waals surface area contributed by atoms with E-state index in [9.17, 15) is 9.59 Å².